The molecule has 0 aliphatic rings. The third kappa shape index (κ3) is 2.59. The summed E-state index contributed by atoms with van der Waals surface area (Å²) in [7, 11) is 1.31. The molecule has 8 heteroatoms. The third-order valence-electron chi connectivity index (χ3n) is 2.31. The molecular weight excluding hydrogens is 254 g/mol. The van der Waals surface area contributed by atoms with Gasteiger partial charge in [-0.1, -0.05) is 0 Å². The Hall–Kier alpha value is -2.09. The zero-order valence-corrected chi connectivity index (χ0v) is 10.6. The first kappa shape index (κ1) is 12.4. The number of aromatic amines is 1. The van der Waals surface area contributed by atoms with Gasteiger partial charge in [-0.05, 0) is 11.5 Å². The number of imidazole rings is 1. The van der Waals surface area contributed by atoms with Crippen molar-refractivity contribution in [2.75, 3.05) is 24.7 Å². The van der Waals surface area contributed by atoms with E-state index in [0.717, 1.165) is 17.4 Å². The molecule has 0 amide bonds. The molecule has 2 heterocycles. The Bertz CT molecular complexity index is 522. The van der Waals surface area contributed by atoms with E-state index in [0.29, 0.717) is 23.5 Å². The molecule has 7 nitrogen and oxygen atoms in total. The van der Waals surface area contributed by atoms with Crippen molar-refractivity contribution in [2.24, 2.45) is 0 Å². The van der Waals surface area contributed by atoms with E-state index < -0.39 is 5.97 Å². The first-order valence-electron chi connectivity index (χ1n) is 5.28. The van der Waals surface area contributed by atoms with Crippen LogP contribution in [0.25, 0.3) is 0 Å². The van der Waals surface area contributed by atoms with E-state index in [4.69, 9.17) is 5.73 Å². The van der Waals surface area contributed by atoms with E-state index in [1.54, 1.807) is 12.4 Å². The molecule has 0 saturated carbocycles. The summed E-state index contributed by atoms with van der Waals surface area (Å²) in [5.41, 5.74) is 5.92. The van der Waals surface area contributed by atoms with Gasteiger partial charge in [-0.25, -0.2) is 9.78 Å². The highest BCUT2D eigenvalue weighted by atomic mass is 32.1. The van der Waals surface area contributed by atoms with Crippen LogP contribution in [0.4, 0.5) is 10.8 Å². The normalized spacial score (nSPS) is 10.3. The first-order chi connectivity index (χ1) is 8.72. The summed E-state index contributed by atoms with van der Waals surface area (Å²) < 4.78 is 8.59. The van der Waals surface area contributed by atoms with Crippen LogP contribution in [0.15, 0.2) is 12.4 Å². The summed E-state index contributed by atoms with van der Waals surface area (Å²) in [6.45, 7) is 0.624. The summed E-state index contributed by atoms with van der Waals surface area (Å²) >= 11 is 1.14. The number of methoxy groups -OCH3 is 1. The van der Waals surface area contributed by atoms with Gasteiger partial charge in [-0.3, -0.25) is 0 Å². The Labute approximate surface area is 108 Å². The van der Waals surface area contributed by atoms with Crippen LogP contribution < -0.4 is 11.1 Å². The van der Waals surface area contributed by atoms with Crippen molar-refractivity contribution in [1.29, 1.82) is 0 Å². The molecule has 0 unspecified atom stereocenters. The van der Waals surface area contributed by atoms with Crippen LogP contribution in [0.2, 0.25) is 0 Å². The number of nitrogens with zero attached hydrogens (tertiary/aromatic N) is 2. The molecule has 2 rings (SSSR count). The number of nitrogen functional groups attached to an aromatic ring is 1. The van der Waals surface area contributed by atoms with Crippen molar-refractivity contribution in [2.45, 2.75) is 6.42 Å². The van der Waals surface area contributed by atoms with Crippen LogP contribution in [0.1, 0.15) is 16.2 Å². The second-order valence-electron chi connectivity index (χ2n) is 3.48. The van der Waals surface area contributed by atoms with Gasteiger partial charge in [0.1, 0.15) is 16.4 Å². The molecule has 0 aliphatic heterocycles. The molecule has 0 atom stereocenters. The van der Waals surface area contributed by atoms with Crippen LogP contribution in [-0.2, 0) is 11.2 Å². The van der Waals surface area contributed by atoms with Gasteiger partial charge in [0.15, 0.2) is 5.82 Å². The van der Waals surface area contributed by atoms with Crippen molar-refractivity contribution in [3.05, 3.63) is 23.8 Å². The maximum Gasteiger partial charge on any atom is 0.344 e. The van der Waals surface area contributed by atoms with Crippen molar-refractivity contribution < 1.29 is 9.53 Å². The number of H-pyrrole nitrogens is 1. The van der Waals surface area contributed by atoms with Gasteiger partial charge >= 0.3 is 5.97 Å². The Morgan fingerprint density at radius 1 is 1.67 bits per heavy atom. The second-order valence-corrected chi connectivity index (χ2v) is 4.25. The predicted octanol–water partition coefficient (Wildman–Crippen LogP) is 0.890. The fourth-order valence-electron chi connectivity index (χ4n) is 1.45. The lowest BCUT2D eigenvalue weighted by atomic mass is 10.3. The highest BCUT2D eigenvalue weighted by Gasteiger charge is 2.19. The molecule has 0 aromatic carbocycles. The highest BCUT2D eigenvalue weighted by Crippen LogP contribution is 2.27. The number of hydrogen-bond donors (Lipinski definition) is 3. The van der Waals surface area contributed by atoms with Crippen LogP contribution in [0, 0.1) is 0 Å². The zero-order valence-electron chi connectivity index (χ0n) is 9.77. The summed E-state index contributed by atoms with van der Waals surface area (Å²) in [5.74, 6) is 0.578. The third-order valence-corrected chi connectivity index (χ3v) is 3.13. The molecule has 0 radical (unpaired) electrons. The topological polar surface area (TPSA) is 106 Å². The van der Waals surface area contributed by atoms with Crippen molar-refractivity contribution in [1.82, 2.24) is 14.3 Å². The molecule has 0 saturated heterocycles. The minimum atomic E-state index is -0.484. The van der Waals surface area contributed by atoms with Crippen LogP contribution in [0.5, 0.6) is 0 Å². The number of carbonyl (C=O) groups excluding carboxylic acids is 1. The summed E-state index contributed by atoms with van der Waals surface area (Å²) in [5, 5.41) is 3.72. The molecule has 0 aliphatic carbocycles. The van der Waals surface area contributed by atoms with E-state index in [-0.39, 0.29) is 5.82 Å². The van der Waals surface area contributed by atoms with E-state index in [2.05, 4.69) is 24.4 Å². The fraction of sp³-hybridized carbons (Fsp3) is 0.300. The van der Waals surface area contributed by atoms with Gasteiger partial charge in [0, 0.05) is 25.4 Å². The van der Waals surface area contributed by atoms with Gasteiger partial charge < -0.3 is 20.8 Å². The van der Waals surface area contributed by atoms with Crippen LogP contribution in [-0.4, -0.2) is 34.0 Å². The number of nitrogens with two attached hydrogens (primary N) is 1. The van der Waals surface area contributed by atoms with Gasteiger partial charge in [-0.2, -0.15) is 4.37 Å². The van der Waals surface area contributed by atoms with Crippen LogP contribution >= 0.6 is 11.5 Å². The fourth-order valence-corrected chi connectivity index (χ4v) is 2.18. The van der Waals surface area contributed by atoms with Crippen molar-refractivity contribution >= 4 is 28.3 Å². The average Bonchev–Trinajstić information content (AvgIpc) is 2.99. The van der Waals surface area contributed by atoms with Crippen LogP contribution in [0.3, 0.4) is 0 Å². The molecule has 96 valence electrons. The lowest BCUT2D eigenvalue weighted by Crippen LogP contribution is -2.10. The van der Waals surface area contributed by atoms with Gasteiger partial charge in [-0.15, -0.1) is 0 Å². The highest BCUT2D eigenvalue weighted by molar-refractivity contribution is 7.11. The maximum absolute atomic E-state index is 11.5. The lowest BCUT2D eigenvalue weighted by molar-refractivity contribution is 0.0603. The van der Waals surface area contributed by atoms with Gasteiger partial charge in [0.05, 0.1) is 7.11 Å². The number of rotatable bonds is 5. The Morgan fingerprint density at radius 3 is 3.17 bits per heavy atom. The number of esters is 1. The van der Waals surface area contributed by atoms with Crippen molar-refractivity contribution in [3.8, 4) is 0 Å². The monoisotopic (exact) mass is 267 g/mol. The van der Waals surface area contributed by atoms with E-state index >= 15 is 0 Å². The summed E-state index contributed by atoms with van der Waals surface area (Å²) in [4.78, 5) is 18.6. The van der Waals surface area contributed by atoms with E-state index in [9.17, 15) is 4.79 Å². The molecule has 18 heavy (non-hydrogen) atoms. The van der Waals surface area contributed by atoms with E-state index in [1.807, 2.05) is 0 Å². The maximum atomic E-state index is 11.5. The SMILES string of the molecule is COC(=O)c1c(N)nsc1NCCc1ncc[nH]1. The minimum Gasteiger partial charge on any atom is -0.465 e. The molecule has 2 aromatic rings. The number of aromatic nitrogens is 3. The molecule has 0 fully saturated rings. The number of carbonyl (C=O) groups is 1. The Morgan fingerprint density at radius 2 is 2.50 bits per heavy atom. The zero-order chi connectivity index (χ0) is 13.0. The number of ether oxygens (including phenoxy) is 1. The van der Waals surface area contributed by atoms with Crippen molar-refractivity contribution in [3.63, 3.8) is 0 Å². The largest absolute Gasteiger partial charge is 0.465 e. The lowest BCUT2D eigenvalue weighted by Gasteiger charge is -2.04. The minimum absolute atomic E-state index is 0.187. The molecular formula is C10H13N5O2S. The second kappa shape index (κ2) is 5.50. The molecule has 0 spiro atoms. The standard InChI is InChI=1S/C10H13N5O2S/c1-17-10(16)7-8(11)15-18-9(7)14-3-2-6-12-4-5-13-6/h4-5,14H,2-3H2,1H3,(H2,11,15)(H,12,13). The molecule has 2 aromatic heterocycles. The first-order valence-corrected chi connectivity index (χ1v) is 6.05. The number of nitrogens with one attached hydrogen (secondary N) is 2. The van der Waals surface area contributed by atoms with E-state index in [1.165, 1.54) is 7.11 Å². The number of hydrogen-bond acceptors (Lipinski definition) is 7. The van der Waals surface area contributed by atoms with Gasteiger partial charge in [0.25, 0.3) is 0 Å². The quantitative estimate of drug-likeness (QED) is 0.695. The molecule has 4 N–H and O–H groups in total. The number of anilines is 2. The smallest absolute Gasteiger partial charge is 0.344 e. The summed E-state index contributed by atoms with van der Waals surface area (Å²) in [6, 6.07) is 0. The summed E-state index contributed by atoms with van der Waals surface area (Å²) in [6.07, 6.45) is 4.17. The molecule has 0 bridgehead atoms. The Kier molecular flexibility index (Phi) is 3.78. The van der Waals surface area contributed by atoms with Gasteiger partial charge in [0.2, 0.25) is 0 Å². The predicted molar refractivity (Wildman–Crippen MR) is 68.6 cm³/mol. The average molecular weight is 267 g/mol. The Balaban J connectivity index is 1.99.